The summed E-state index contributed by atoms with van der Waals surface area (Å²) in [6.07, 6.45) is 0. The molecule has 0 aliphatic heterocycles. The number of aliphatic hydroxyl groups is 1. The second-order valence-electron chi connectivity index (χ2n) is 2.75. The molecule has 0 atom stereocenters. The van der Waals surface area contributed by atoms with E-state index < -0.39 is 4.92 Å². The molecule has 0 amide bonds. The summed E-state index contributed by atoms with van der Waals surface area (Å²) < 4.78 is 9.75. The zero-order chi connectivity index (χ0) is 11.4. The van der Waals surface area contributed by atoms with E-state index in [1.54, 1.807) is 0 Å². The van der Waals surface area contributed by atoms with Crippen molar-refractivity contribution in [2.45, 2.75) is 6.61 Å². The van der Waals surface area contributed by atoms with Crippen LogP contribution in [0.5, 0.6) is 11.5 Å². The molecule has 0 radical (unpaired) electrons. The van der Waals surface area contributed by atoms with Crippen LogP contribution in [0, 0.1) is 10.1 Å². The minimum atomic E-state index is -0.567. The predicted octanol–water partition coefficient (Wildman–Crippen LogP) is 1.10. The molecule has 1 aromatic carbocycles. The van der Waals surface area contributed by atoms with Crippen LogP contribution < -0.4 is 9.47 Å². The van der Waals surface area contributed by atoms with Crippen LogP contribution in [0.15, 0.2) is 12.1 Å². The number of hydrogen-bond donors (Lipinski definition) is 1. The maximum absolute atomic E-state index is 10.7. The van der Waals surface area contributed by atoms with E-state index in [1.807, 2.05) is 0 Å². The Balaban J connectivity index is 3.34. The molecule has 6 heteroatoms. The summed E-state index contributed by atoms with van der Waals surface area (Å²) >= 11 is 0. The van der Waals surface area contributed by atoms with E-state index in [1.165, 1.54) is 26.4 Å². The van der Waals surface area contributed by atoms with E-state index in [2.05, 4.69) is 0 Å². The molecule has 0 fully saturated rings. The molecule has 0 saturated carbocycles. The Bertz CT molecular complexity index is 377. The summed E-state index contributed by atoms with van der Waals surface area (Å²) in [4.78, 5) is 10.1. The van der Waals surface area contributed by atoms with Gasteiger partial charge >= 0.3 is 5.69 Å². The maximum Gasteiger partial charge on any atom is 0.314 e. The molecule has 0 aliphatic rings. The molecule has 0 aliphatic carbocycles. The van der Waals surface area contributed by atoms with Crippen molar-refractivity contribution in [3.63, 3.8) is 0 Å². The monoisotopic (exact) mass is 213 g/mol. The lowest BCUT2D eigenvalue weighted by atomic mass is 10.1. The summed E-state index contributed by atoms with van der Waals surface area (Å²) in [6.45, 7) is -0.266. The van der Waals surface area contributed by atoms with Gasteiger partial charge in [0, 0.05) is 5.56 Å². The Morgan fingerprint density at radius 1 is 1.33 bits per heavy atom. The minimum Gasteiger partial charge on any atom is -0.496 e. The number of benzene rings is 1. The minimum absolute atomic E-state index is 0.102. The Morgan fingerprint density at radius 3 is 2.33 bits per heavy atom. The lowest BCUT2D eigenvalue weighted by molar-refractivity contribution is -0.385. The summed E-state index contributed by atoms with van der Waals surface area (Å²) in [5.41, 5.74) is 0.256. The van der Waals surface area contributed by atoms with Gasteiger partial charge in [0.15, 0.2) is 5.75 Å². The molecule has 0 saturated heterocycles. The molecule has 1 aromatic rings. The fourth-order valence-electron chi connectivity index (χ4n) is 1.21. The van der Waals surface area contributed by atoms with Crippen LogP contribution >= 0.6 is 0 Å². The number of aliphatic hydroxyl groups excluding tert-OH is 1. The van der Waals surface area contributed by atoms with E-state index in [0.717, 1.165) is 0 Å². The molecule has 1 rings (SSSR count). The molecule has 15 heavy (non-hydrogen) atoms. The van der Waals surface area contributed by atoms with Crippen LogP contribution in [-0.4, -0.2) is 24.2 Å². The van der Waals surface area contributed by atoms with Crippen molar-refractivity contribution in [3.8, 4) is 11.5 Å². The summed E-state index contributed by atoms with van der Waals surface area (Å²) in [5, 5.41) is 19.6. The molecular weight excluding hydrogens is 202 g/mol. The Kier molecular flexibility index (Phi) is 3.46. The molecule has 0 spiro atoms. The van der Waals surface area contributed by atoms with Gasteiger partial charge in [0.1, 0.15) is 5.75 Å². The lowest BCUT2D eigenvalue weighted by Gasteiger charge is -2.08. The van der Waals surface area contributed by atoms with Crippen LogP contribution in [0.2, 0.25) is 0 Å². The van der Waals surface area contributed by atoms with Gasteiger partial charge in [-0.2, -0.15) is 0 Å². The van der Waals surface area contributed by atoms with Gasteiger partial charge in [0.25, 0.3) is 0 Å². The first-order valence-corrected chi connectivity index (χ1v) is 4.14. The van der Waals surface area contributed by atoms with Gasteiger partial charge in [-0.1, -0.05) is 0 Å². The molecule has 0 aromatic heterocycles. The number of hydrogen-bond acceptors (Lipinski definition) is 5. The Hall–Kier alpha value is -1.82. The number of ether oxygens (including phenoxy) is 2. The van der Waals surface area contributed by atoms with Gasteiger partial charge in [-0.25, -0.2) is 0 Å². The van der Waals surface area contributed by atoms with Crippen LogP contribution in [0.1, 0.15) is 5.56 Å². The maximum atomic E-state index is 10.7. The number of nitro groups is 1. The highest BCUT2D eigenvalue weighted by Crippen LogP contribution is 2.34. The normalized spacial score (nSPS) is 9.80. The van der Waals surface area contributed by atoms with Crippen LogP contribution in [0.4, 0.5) is 5.69 Å². The third kappa shape index (κ3) is 2.16. The van der Waals surface area contributed by atoms with Crippen LogP contribution in [0.3, 0.4) is 0 Å². The lowest BCUT2D eigenvalue weighted by Crippen LogP contribution is -1.98. The van der Waals surface area contributed by atoms with E-state index in [-0.39, 0.29) is 23.8 Å². The molecule has 0 unspecified atom stereocenters. The number of rotatable bonds is 4. The van der Waals surface area contributed by atoms with E-state index in [9.17, 15) is 10.1 Å². The van der Waals surface area contributed by atoms with Crippen molar-refractivity contribution < 1.29 is 19.5 Å². The van der Waals surface area contributed by atoms with Crippen molar-refractivity contribution in [2.75, 3.05) is 14.2 Å². The molecular formula is C9H11NO5. The fourth-order valence-corrected chi connectivity index (χ4v) is 1.21. The SMILES string of the molecule is COc1cc([N+](=O)[O-])c(OC)cc1CO. The van der Waals surface area contributed by atoms with Gasteiger partial charge in [0.05, 0.1) is 31.8 Å². The Morgan fingerprint density at radius 2 is 1.93 bits per heavy atom. The van der Waals surface area contributed by atoms with Crippen molar-refractivity contribution in [3.05, 3.63) is 27.8 Å². The zero-order valence-electron chi connectivity index (χ0n) is 8.39. The highest BCUT2D eigenvalue weighted by molar-refractivity contribution is 5.54. The average Bonchev–Trinajstić information content (AvgIpc) is 2.26. The zero-order valence-corrected chi connectivity index (χ0v) is 8.39. The fraction of sp³-hybridized carbons (Fsp3) is 0.333. The third-order valence-electron chi connectivity index (χ3n) is 1.95. The van der Waals surface area contributed by atoms with Crippen molar-refractivity contribution >= 4 is 5.69 Å². The van der Waals surface area contributed by atoms with Crippen LogP contribution in [0.25, 0.3) is 0 Å². The predicted molar refractivity (Wildman–Crippen MR) is 52.1 cm³/mol. The third-order valence-corrected chi connectivity index (χ3v) is 1.95. The van der Waals surface area contributed by atoms with Gasteiger partial charge in [0.2, 0.25) is 0 Å². The van der Waals surface area contributed by atoms with E-state index in [4.69, 9.17) is 14.6 Å². The quantitative estimate of drug-likeness (QED) is 0.598. The summed E-state index contributed by atoms with van der Waals surface area (Å²) in [7, 11) is 2.71. The van der Waals surface area contributed by atoms with Gasteiger partial charge in [-0.3, -0.25) is 10.1 Å². The highest BCUT2D eigenvalue weighted by atomic mass is 16.6. The Labute approximate surface area is 86.2 Å². The van der Waals surface area contributed by atoms with E-state index >= 15 is 0 Å². The summed E-state index contributed by atoms with van der Waals surface area (Å²) in [5.74, 6) is 0.370. The number of nitrogens with zero attached hydrogens (tertiary/aromatic N) is 1. The van der Waals surface area contributed by atoms with Crippen molar-refractivity contribution in [1.29, 1.82) is 0 Å². The first-order chi connectivity index (χ1) is 7.13. The largest absolute Gasteiger partial charge is 0.496 e. The second-order valence-corrected chi connectivity index (χ2v) is 2.75. The molecule has 1 N–H and O–H groups in total. The van der Waals surface area contributed by atoms with Crippen molar-refractivity contribution in [2.24, 2.45) is 0 Å². The standard InChI is InChI=1S/C9H11NO5/c1-14-8-4-7(10(12)13)9(15-2)3-6(8)5-11/h3-4,11H,5H2,1-2H3. The molecule has 0 bridgehead atoms. The second kappa shape index (κ2) is 4.61. The molecule has 6 nitrogen and oxygen atoms in total. The smallest absolute Gasteiger partial charge is 0.314 e. The summed E-state index contributed by atoms with van der Waals surface area (Å²) in [6, 6.07) is 2.61. The first kappa shape index (κ1) is 11.3. The van der Waals surface area contributed by atoms with E-state index in [0.29, 0.717) is 5.56 Å². The van der Waals surface area contributed by atoms with Gasteiger partial charge in [-0.15, -0.1) is 0 Å². The highest BCUT2D eigenvalue weighted by Gasteiger charge is 2.18. The number of methoxy groups -OCH3 is 2. The topological polar surface area (TPSA) is 81.8 Å². The number of nitro benzene ring substituents is 1. The molecule has 82 valence electrons. The van der Waals surface area contributed by atoms with Gasteiger partial charge < -0.3 is 14.6 Å². The van der Waals surface area contributed by atoms with Gasteiger partial charge in [-0.05, 0) is 6.07 Å². The van der Waals surface area contributed by atoms with Crippen LogP contribution in [-0.2, 0) is 6.61 Å². The first-order valence-electron chi connectivity index (χ1n) is 4.14. The van der Waals surface area contributed by atoms with Crippen molar-refractivity contribution in [1.82, 2.24) is 0 Å². The molecule has 0 heterocycles. The average molecular weight is 213 g/mol.